The van der Waals surface area contributed by atoms with Gasteiger partial charge in [-0.2, -0.15) is 5.26 Å². The first-order valence-corrected chi connectivity index (χ1v) is 9.73. The molecule has 0 unspecified atom stereocenters. The number of nitrogens with zero attached hydrogens (tertiary/aromatic N) is 1. The van der Waals surface area contributed by atoms with Crippen LogP contribution in [0.15, 0.2) is 42.5 Å². The Hall–Kier alpha value is -2.87. The van der Waals surface area contributed by atoms with Crippen molar-refractivity contribution in [2.24, 2.45) is 0 Å². The van der Waals surface area contributed by atoms with Crippen molar-refractivity contribution in [3.05, 3.63) is 59.4 Å². The van der Waals surface area contributed by atoms with Gasteiger partial charge in [-0.1, -0.05) is 37.5 Å². The maximum Gasteiger partial charge on any atom is 0.235 e. The molecule has 1 aliphatic rings. The number of amides is 1. The second kappa shape index (κ2) is 8.43. The van der Waals surface area contributed by atoms with E-state index in [0.717, 1.165) is 19.3 Å². The van der Waals surface area contributed by atoms with E-state index in [9.17, 15) is 14.4 Å². The zero-order chi connectivity index (χ0) is 20.1. The highest BCUT2D eigenvalue weighted by Crippen LogP contribution is 2.41. The number of nitriles is 1. The van der Waals surface area contributed by atoms with Gasteiger partial charge in [0.05, 0.1) is 22.8 Å². The monoisotopic (exact) mass is 380 g/mol. The number of benzene rings is 2. The van der Waals surface area contributed by atoms with Gasteiger partial charge in [0, 0.05) is 11.6 Å². The number of halogens is 1. The average molecular weight is 380 g/mol. The van der Waals surface area contributed by atoms with Gasteiger partial charge in [0.15, 0.2) is 0 Å². The zero-order valence-corrected chi connectivity index (χ0v) is 16.3. The fourth-order valence-electron chi connectivity index (χ4n) is 3.94. The smallest absolute Gasteiger partial charge is 0.235 e. The Labute approximate surface area is 165 Å². The first-order valence-electron chi connectivity index (χ1n) is 9.73. The van der Waals surface area contributed by atoms with Gasteiger partial charge in [-0.3, -0.25) is 4.79 Å². The molecule has 28 heavy (non-hydrogen) atoms. The summed E-state index contributed by atoms with van der Waals surface area (Å²) in [4.78, 5) is 13.4. The van der Waals surface area contributed by atoms with Gasteiger partial charge in [-0.05, 0) is 44.9 Å². The summed E-state index contributed by atoms with van der Waals surface area (Å²) in [6.07, 6.45) is 3.95. The minimum Gasteiger partial charge on any atom is -0.491 e. The molecule has 0 atom stereocenters. The summed E-state index contributed by atoms with van der Waals surface area (Å²) < 4.78 is 20.2. The van der Waals surface area contributed by atoms with Crippen LogP contribution in [-0.4, -0.2) is 12.0 Å². The van der Waals surface area contributed by atoms with Crippen molar-refractivity contribution < 1.29 is 13.9 Å². The van der Waals surface area contributed by atoms with E-state index in [1.165, 1.54) is 6.07 Å². The van der Waals surface area contributed by atoms with Crippen molar-refractivity contribution in [2.45, 2.75) is 57.5 Å². The van der Waals surface area contributed by atoms with Crippen LogP contribution in [0.5, 0.6) is 5.75 Å². The van der Waals surface area contributed by atoms with Crippen molar-refractivity contribution in [3.63, 3.8) is 0 Å². The molecule has 1 saturated carbocycles. The number of anilines is 1. The maximum atomic E-state index is 14.6. The van der Waals surface area contributed by atoms with Crippen LogP contribution in [0.25, 0.3) is 0 Å². The number of ether oxygens (including phenoxy) is 1. The van der Waals surface area contributed by atoms with E-state index >= 15 is 0 Å². The molecule has 0 bridgehead atoms. The predicted octanol–water partition coefficient (Wildman–Crippen LogP) is 5.33. The van der Waals surface area contributed by atoms with E-state index < -0.39 is 5.41 Å². The minimum atomic E-state index is -0.913. The Morgan fingerprint density at radius 1 is 1.18 bits per heavy atom. The number of carbonyl (C=O) groups excluding carboxylic acids is 1. The molecular formula is C23H25FN2O2. The Balaban J connectivity index is 1.93. The molecule has 0 spiro atoms. The Kier molecular flexibility index (Phi) is 5.99. The van der Waals surface area contributed by atoms with Crippen molar-refractivity contribution in [1.82, 2.24) is 0 Å². The molecule has 0 aromatic heterocycles. The molecule has 0 radical (unpaired) electrons. The van der Waals surface area contributed by atoms with Crippen molar-refractivity contribution in [2.75, 3.05) is 5.32 Å². The number of hydrogen-bond donors (Lipinski definition) is 1. The van der Waals surface area contributed by atoms with E-state index in [0.29, 0.717) is 35.4 Å². The molecule has 3 rings (SSSR count). The fourth-order valence-corrected chi connectivity index (χ4v) is 3.94. The van der Waals surface area contributed by atoms with E-state index in [4.69, 9.17) is 4.74 Å². The summed E-state index contributed by atoms with van der Waals surface area (Å²) in [7, 11) is 0. The van der Waals surface area contributed by atoms with Gasteiger partial charge in [0.25, 0.3) is 0 Å². The van der Waals surface area contributed by atoms with E-state index in [-0.39, 0.29) is 17.8 Å². The second-order valence-corrected chi connectivity index (χ2v) is 7.56. The summed E-state index contributed by atoms with van der Waals surface area (Å²) >= 11 is 0. The largest absolute Gasteiger partial charge is 0.491 e. The summed E-state index contributed by atoms with van der Waals surface area (Å²) in [6, 6.07) is 13.6. The third kappa shape index (κ3) is 4.01. The van der Waals surface area contributed by atoms with E-state index in [1.54, 1.807) is 36.4 Å². The molecule has 1 N–H and O–H groups in total. The Morgan fingerprint density at radius 2 is 1.89 bits per heavy atom. The summed E-state index contributed by atoms with van der Waals surface area (Å²) in [6.45, 7) is 3.81. The predicted molar refractivity (Wildman–Crippen MR) is 107 cm³/mol. The molecular weight excluding hydrogens is 355 g/mol. The highest BCUT2D eigenvalue weighted by atomic mass is 19.1. The Morgan fingerprint density at radius 3 is 2.54 bits per heavy atom. The lowest BCUT2D eigenvalue weighted by Gasteiger charge is -2.36. The number of rotatable bonds is 5. The lowest BCUT2D eigenvalue weighted by atomic mass is 9.68. The highest BCUT2D eigenvalue weighted by Gasteiger charge is 2.43. The van der Waals surface area contributed by atoms with Gasteiger partial charge < -0.3 is 10.1 Å². The van der Waals surface area contributed by atoms with Crippen molar-refractivity contribution >= 4 is 11.6 Å². The lowest BCUT2D eigenvalue weighted by Crippen LogP contribution is -2.42. The van der Waals surface area contributed by atoms with Gasteiger partial charge in [-0.15, -0.1) is 0 Å². The normalized spacial score (nSPS) is 15.7. The molecule has 1 amide bonds. The first-order chi connectivity index (χ1) is 13.5. The number of hydrogen-bond acceptors (Lipinski definition) is 3. The SMILES string of the molecule is CC(C)Oc1ccc(NC(=O)C2(c3ccccc3F)CCCCC2)c(C#N)c1. The van der Waals surface area contributed by atoms with Gasteiger partial charge in [-0.25, -0.2) is 4.39 Å². The number of nitrogens with one attached hydrogen (secondary N) is 1. The van der Waals surface area contributed by atoms with Crippen LogP contribution < -0.4 is 10.1 Å². The van der Waals surface area contributed by atoms with Crippen LogP contribution in [-0.2, 0) is 10.2 Å². The quantitative estimate of drug-likeness (QED) is 0.763. The van der Waals surface area contributed by atoms with Gasteiger partial charge in [0.1, 0.15) is 17.6 Å². The molecule has 146 valence electrons. The topological polar surface area (TPSA) is 62.1 Å². The van der Waals surface area contributed by atoms with E-state index in [1.807, 2.05) is 13.8 Å². The molecule has 1 aliphatic carbocycles. The average Bonchev–Trinajstić information content (AvgIpc) is 2.69. The second-order valence-electron chi connectivity index (χ2n) is 7.56. The van der Waals surface area contributed by atoms with Crippen molar-refractivity contribution in [3.8, 4) is 11.8 Å². The van der Waals surface area contributed by atoms with Crippen LogP contribution >= 0.6 is 0 Å². The summed E-state index contributed by atoms with van der Waals surface area (Å²) in [5.74, 6) is -0.0434. The Bertz CT molecular complexity index is 896. The third-order valence-electron chi connectivity index (χ3n) is 5.26. The summed E-state index contributed by atoms with van der Waals surface area (Å²) in [5, 5.41) is 12.4. The van der Waals surface area contributed by atoms with Gasteiger partial charge >= 0.3 is 0 Å². The standard InChI is InChI=1S/C23H25FN2O2/c1-16(2)28-18-10-11-21(17(14-18)15-25)26-22(27)23(12-6-3-7-13-23)19-8-4-5-9-20(19)24/h4-5,8-11,14,16H,3,6-7,12-13H2,1-2H3,(H,26,27). The van der Waals surface area contributed by atoms with Crippen LogP contribution in [0.3, 0.4) is 0 Å². The molecule has 0 heterocycles. The van der Waals surface area contributed by atoms with Gasteiger partial charge in [0.2, 0.25) is 5.91 Å². The summed E-state index contributed by atoms with van der Waals surface area (Å²) in [5.41, 5.74) is 0.269. The molecule has 4 nitrogen and oxygen atoms in total. The highest BCUT2D eigenvalue weighted by molar-refractivity contribution is 6.00. The lowest BCUT2D eigenvalue weighted by molar-refractivity contribution is -0.122. The van der Waals surface area contributed by atoms with Crippen LogP contribution in [0.4, 0.5) is 10.1 Å². The fraction of sp³-hybridized carbons (Fsp3) is 0.391. The van der Waals surface area contributed by atoms with E-state index in [2.05, 4.69) is 11.4 Å². The van der Waals surface area contributed by atoms with Crippen LogP contribution in [0.1, 0.15) is 57.1 Å². The molecule has 1 fully saturated rings. The van der Waals surface area contributed by atoms with Crippen LogP contribution in [0.2, 0.25) is 0 Å². The molecule has 2 aromatic rings. The third-order valence-corrected chi connectivity index (χ3v) is 5.26. The maximum absolute atomic E-state index is 14.6. The molecule has 5 heteroatoms. The number of carbonyl (C=O) groups is 1. The molecule has 0 aliphatic heterocycles. The molecule has 0 saturated heterocycles. The van der Waals surface area contributed by atoms with Crippen LogP contribution in [0, 0.1) is 17.1 Å². The minimum absolute atomic E-state index is 0.0152. The van der Waals surface area contributed by atoms with Crippen molar-refractivity contribution in [1.29, 1.82) is 5.26 Å². The first kappa shape index (κ1) is 19.9. The molecule has 2 aromatic carbocycles. The zero-order valence-electron chi connectivity index (χ0n) is 16.3.